The Kier molecular flexibility index (Phi) is 6.82. The minimum atomic E-state index is -0.797. The van der Waals surface area contributed by atoms with Crippen LogP contribution >= 0.6 is 0 Å². The van der Waals surface area contributed by atoms with E-state index in [-0.39, 0.29) is 28.4 Å². The SMILES string of the molecule is Cc1onc(NC(=O)C2CCCCC2C(=O)c2ccc(/C(N)=C/C=N)cc2F)c1C(N)=O. The van der Waals surface area contributed by atoms with Gasteiger partial charge >= 0.3 is 0 Å². The molecule has 1 heterocycles. The minimum absolute atomic E-state index is 0.0331. The summed E-state index contributed by atoms with van der Waals surface area (Å²) >= 11 is 0. The molecule has 0 bridgehead atoms. The number of carbonyl (C=O) groups excluding carboxylic acids is 3. The Morgan fingerprint density at radius 1 is 1.22 bits per heavy atom. The van der Waals surface area contributed by atoms with E-state index in [1.54, 1.807) is 0 Å². The summed E-state index contributed by atoms with van der Waals surface area (Å²) in [5.41, 5.74) is 11.5. The monoisotopic (exact) mass is 441 g/mol. The molecule has 1 aliphatic carbocycles. The zero-order valence-electron chi connectivity index (χ0n) is 17.5. The number of carbonyl (C=O) groups is 3. The zero-order valence-corrected chi connectivity index (χ0v) is 17.5. The van der Waals surface area contributed by atoms with Crippen molar-refractivity contribution in [1.82, 2.24) is 5.16 Å². The van der Waals surface area contributed by atoms with Crippen molar-refractivity contribution in [2.45, 2.75) is 32.6 Å². The maximum atomic E-state index is 14.7. The van der Waals surface area contributed by atoms with Gasteiger partial charge in [0.05, 0.1) is 5.56 Å². The molecule has 0 spiro atoms. The number of nitrogens with one attached hydrogen (secondary N) is 2. The average Bonchev–Trinajstić information content (AvgIpc) is 3.13. The van der Waals surface area contributed by atoms with E-state index >= 15 is 0 Å². The highest BCUT2D eigenvalue weighted by Gasteiger charge is 2.37. The summed E-state index contributed by atoms with van der Waals surface area (Å²) in [6, 6.07) is 3.98. The van der Waals surface area contributed by atoms with Crippen molar-refractivity contribution >= 4 is 35.3 Å². The van der Waals surface area contributed by atoms with Crippen molar-refractivity contribution in [2.24, 2.45) is 23.3 Å². The number of nitrogens with zero attached hydrogens (tertiary/aromatic N) is 1. The summed E-state index contributed by atoms with van der Waals surface area (Å²) in [6.07, 6.45) is 4.61. The summed E-state index contributed by atoms with van der Waals surface area (Å²) in [6.45, 7) is 1.49. The molecule has 6 N–H and O–H groups in total. The summed E-state index contributed by atoms with van der Waals surface area (Å²) in [5.74, 6) is -3.91. The number of aromatic nitrogens is 1. The number of anilines is 1. The highest BCUT2D eigenvalue weighted by Crippen LogP contribution is 2.34. The van der Waals surface area contributed by atoms with Gasteiger partial charge in [-0.2, -0.15) is 0 Å². The number of halogens is 1. The van der Waals surface area contributed by atoms with E-state index in [9.17, 15) is 18.8 Å². The zero-order chi connectivity index (χ0) is 23.4. The van der Waals surface area contributed by atoms with E-state index in [4.69, 9.17) is 21.4 Å². The second kappa shape index (κ2) is 9.54. The largest absolute Gasteiger partial charge is 0.398 e. The molecule has 10 heteroatoms. The molecule has 1 aliphatic rings. The van der Waals surface area contributed by atoms with Gasteiger partial charge in [-0.05, 0) is 38.0 Å². The fourth-order valence-electron chi connectivity index (χ4n) is 4.00. The lowest BCUT2D eigenvalue weighted by Crippen LogP contribution is -2.37. The van der Waals surface area contributed by atoms with Crippen molar-refractivity contribution in [3.63, 3.8) is 0 Å². The number of rotatable bonds is 7. The van der Waals surface area contributed by atoms with Crippen LogP contribution in [0, 0.1) is 30.0 Å². The number of ketones is 1. The van der Waals surface area contributed by atoms with Gasteiger partial charge in [-0.3, -0.25) is 14.4 Å². The van der Waals surface area contributed by atoms with Crippen LogP contribution in [0.25, 0.3) is 5.70 Å². The number of aryl methyl sites for hydroxylation is 1. The van der Waals surface area contributed by atoms with Crippen molar-refractivity contribution in [3.05, 3.63) is 52.5 Å². The molecule has 1 aromatic heterocycles. The summed E-state index contributed by atoms with van der Waals surface area (Å²) in [4.78, 5) is 37.7. The van der Waals surface area contributed by atoms with Crippen molar-refractivity contribution < 1.29 is 23.3 Å². The number of hydrogen-bond donors (Lipinski definition) is 4. The lowest BCUT2D eigenvalue weighted by Gasteiger charge is -2.29. The van der Waals surface area contributed by atoms with E-state index in [1.165, 1.54) is 25.1 Å². The Morgan fingerprint density at radius 2 is 1.91 bits per heavy atom. The summed E-state index contributed by atoms with van der Waals surface area (Å²) < 4.78 is 19.7. The van der Waals surface area contributed by atoms with E-state index in [1.807, 2.05) is 0 Å². The normalized spacial score (nSPS) is 18.8. The number of hydrogen-bond acceptors (Lipinski definition) is 7. The van der Waals surface area contributed by atoms with Gasteiger partial charge in [-0.1, -0.05) is 24.1 Å². The molecule has 0 aliphatic heterocycles. The van der Waals surface area contributed by atoms with Crippen molar-refractivity contribution in [1.29, 1.82) is 5.41 Å². The van der Waals surface area contributed by atoms with Crippen molar-refractivity contribution in [2.75, 3.05) is 5.32 Å². The lowest BCUT2D eigenvalue weighted by atomic mass is 9.74. The standard InChI is InChI=1S/C22H24FN5O4/c1-11-18(20(26)30)21(28-32-11)27-22(31)14-5-3-2-4-13(14)19(29)15-7-6-12(10-16(15)23)17(25)8-9-24/h6-10,13-14,24H,2-5,25H2,1H3,(H2,26,30)(H,27,28,31)/b17-8-,24-9?. The second-order valence-corrected chi connectivity index (χ2v) is 7.66. The van der Waals surface area contributed by atoms with E-state index in [2.05, 4.69) is 10.5 Å². The smallest absolute Gasteiger partial charge is 0.256 e. The fourth-order valence-corrected chi connectivity index (χ4v) is 4.00. The van der Waals surface area contributed by atoms with Gasteiger partial charge in [0.1, 0.15) is 17.1 Å². The van der Waals surface area contributed by atoms with Crippen LogP contribution in [0.15, 0.2) is 28.8 Å². The van der Waals surface area contributed by atoms with Crippen LogP contribution in [-0.2, 0) is 4.79 Å². The Balaban J connectivity index is 1.84. The molecule has 1 fully saturated rings. The maximum absolute atomic E-state index is 14.7. The van der Waals surface area contributed by atoms with Gasteiger partial charge in [0.25, 0.3) is 5.91 Å². The van der Waals surface area contributed by atoms with E-state index < -0.39 is 35.3 Å². The topological polar surface area (TPSA) is 165 Å². The third-order valence-electron chi connectivity index (χ3n) is 5.62. The van der Waals surface area contributed by atoms with Gasteiger partial charge < -0.3 is 26.7 Å². The fraction of sp³-hybridized carbons (Fsp3) is 0.318. The number of nitrogens with two attached hydrogens (primary N) is 2. The molecule has 9 nitrogen and oxygen atoms in total. The van der Waals surface area contributed by atoms with Crippen LogP contribution in [0.4, 0.5) is 10.2 Å². The number of allylic oxidation sites excluding steroid dienone is 1. The van der Waals surface area contributed by atoms with Gasteiger partial charge in [0.2, 0.25) is 5.91 Å². The third-order valence-corrected chi connectivity index (χ3v) is 5.62. The van der Waals surface area contributed by atoms with Crippen molar-refractivity contribution in [3.8, 4) is 0 Å². The molecule has 2 aromatic rings. The van der Waals surface area contributed by atoms with Crippen LogP contribution in [0.3, 0.4) is 0 Å². The quantitative estimate of drug-likeness (QED) is 0.381. The highest BCUT2D eigenvalue weighted by molar-refractivity contribution is 6.06. The molecule has 1 saturated carbocycles. The molecule has 0 radical (unpaired) electrons. The van der Waals surface area contributed by atoms with Crippen LogP contribution in [-0.4, -0.2) is 29.0 Å². The molecule has 3 rings (SSSR count). The first-order valence-corrected chi connectivity index (χ1v) is 10.1. The Morgan fingerprint density at radius 3 is 2.53 bits per heavy atom. The van der Waals surface area contributed by atoms with Crippen LogP contribution < -0.4 is 16.8 Å². The number of Topliss-reactive ketones (excluding diaryl/α,β-unsaturated/α-hetero) is 1. The molecule has 32 heavy (non-hydrogen) atoms. The molecule has 2 amide bonds. The lowest BCUT2D eigenvalue weighted by molar-refractivity contribution is -0.122. The van der Waals surface area contributed by atoms with E-state index in [0.29, 0.717) is 18.4 Å². The molecular weight excluding hydrogens is 417 g/mol. The Hall–Kier alpha value is -3.82. The van der Waals surface area contributed by atoms with Gasteiger partial charge in [0.15, 0.2) is 11.6 Å². The second-order valence-electron chi connectivity index (χ2n) is 7.66. The minimum Gasteiger partial charge on any atom is -0.398 e. The van der Waals surface area contributed by atoms with Gasteiger partial charge in [0, 0.05) is 29.3 Å². The van der Waals surface area contributed by atoms with Gasteiger partial charge in [-0.15, -0.1) is 0 Å². The first-order valence-electron chi connectivity index (χ1n) is 10.1. The first-order chi connectivity index (χ1) is 15.2. The number of primary amides is 1. The first kappa shape index (κ1) is 22.9. The molecule has 168 valence electrons. The van der Waals surface area contributed by atoms with Crippen LogP contribution in [0.5, 0.6) is 0 Å². The van der Waals surface area contributed by atoms with Gasteiger partial charge in [-0.25, -0.2) is 4.39 Å². The molecule has 0 saturated heterocycles. The maximum Gasteiger partial charge on any atom is 0.256 e. The Labute approximate surface area is 183 Å². The van der Waals surface area contributed by atoms with E-state index in [0.717, 1.165) is 25.1 Å². The predicted octanol–water partition coefficient (Wildman–Crippen LogP) is 2.80. The number of benzene rings is 1. The Bertz CT molecular complexity index is 1110. The summed E-state index contributed by atoms with van der Waals surface area (Å²) in [5, 5.41) is 13.3. The molecular formula is C22H24FN5O4. The third kappa shape index (κ3) is 4.58. The molecule has 2 unspecified atom stereocenters. The van der Waals surface area contributed by atoms with Crippen LogP contribution in [0.1, 0.15) is 57.7 Å². The van der Waals surface area contributed by atoms with Crippen LogP contribution in [0.2, 0.25) is 0 Å². The molecule has 2 atom stereocenters. The molecule has 1 aromatic carbocycles. The number of amides is 2. The highest BCUT2D eigenvalue weighted by atomic mass is 19.1. The summed E-state index contributed by atoms with van der Waals surface area (Å²) in [7, 11) is 0. The average molecular weight is 441 g/mol. The predicted molar refractivity (Wildman–Crippen MR) is 116 cm³/mol.